The number of ether oxygens (including phenoxy) is 1. The van der Waals surface area contributed by atoms with Gasteiger partial charge in [0.25, 0.3) is 5.91 Å². The summed E-state index contributed by atoms with van der Waals surface area (Å²) in [5.74, 6) is 1.41. The molecule has 0 atom stereocenters. The summed E-state index contributed by atoms with van der Waals surface area (Å²) in [5.41, 5.74) is 0.944. The zero-order valence-electron chi connectivity index (χ0n) is 13.3. The fourth-order valence-electron chi connectivity index (χ4n) is 2.07. The van der Waals surface area contributed by atoms with Crippen molar-refractivity contribution >= 4 is 29.0 Å². The van der Waals surface area contributed by atoms with Gasteiger partial charge in [-0.15, -0.1) is 0 Å². The van der Waals surface area contributed by atoms with Crippen LogP contribution in [-0.2, 0) is 6.54 Å². The topological polar surface area (TPSA) is 89.3 Å². The third-order valence-corrected chi connectivity index (χ3v) is 3.61. The van der Waals surface area contributed by atoms with Crippen molar-refractivity contribution in [3.63, 3.8) is 0 Å². The van der Waals surface area contributed by atoms with Gasteiger partial charge in [-0.2, -0.15) is 0 Å². The van der Waals surface area contributed by atoms with Crippen molar-refractivity contribution in [2.45, 2.75) is 6.54 Å². The van der Waals surface area contributed by atoms with E-state index in [1.807, 2.05) is 0 Å². The highest BCUT2D eigenvalue weighted by Gasteiger charge is 2.09. The van der Waals surface area contributed by atoms with Crippen molar-refractivity contribution in [1.82, 2.24) is 15.3 Å². The number of nitrogens with one attached hydrogen (secondary N) is 2. The maximum absolute atomic E-state index is 12.0. The second kappa shape index (κ2) is 7.67. The van der Waals surface area contributed by atoms with Gasteiger partial charge in [0.15, 0.2) is 0 Å². The molecule has 0 radical (unpaired) electrons. The normalized spacial score (nSPS) is 10.3. The third-order valence-electron chi connectivity index (χ3n) is 3.31. The van der Waals surface area contributed by atoms with E-state index in [9.17, 15) is 4.79 Å². The second-order valence-corrected chi connectivity index (χ2v) is 5.43. The molecule has 0 aliphatic heterocycles. The third kappa shape index (κ3) is 4.27. The van der Waals surface area contributed by atoms with Crippen LogP contribution in [0.15, 0.2) is 53.4 Å². The second-order valence-electron chi connectivity index (χ2n) is 5.02. The number of amides is 1. The Labute approximate surface area is 149 Å². The van der Waals surface area contributed by atoms with Crippen LogP contribution in [0.25, 0.3) is 0 Å². The Morgan fingerprint density at radius 3 is 2.80 bits per heavy atom. The maximum Gasteiger partial charge on any atom is 0.271 e. The van der Waals surface area contributed by atoms with Crippen LogP contribution in [0.5, 0.6) is 5.75 Å². The number of carbonyl (C=O) groups excluding carboxylic acids is 1. The molecule has 0 aliphatic carbocycles. The minimum Gasteiger partial charge on any atom is -0.495 e. The van der Waals surface area contributed by atoms with Gasteiger partial charge in [-0.05, 0) is 30.3 Å². The molecule has 3 aromatic rings. The van der Waals surface area contributed by atoms with Crippen molar-refractivity contribution in [2.75, 3.05) is 12.4 Å². The van der Waals surface area contributed by atoms with Crippen LogP contribution in [0.2, 0.25) is 5.02 Å². The molecular formula is C17H15ClN4O3. The molecular weight excluding hydrogens is 344 g/mol. The van der Waals surface area contributed by atoms with E-state index in [-0.39, 0.29) is 18.1 Å². The summed E-state index contributed by atoms with van der Waals surface area (Å²) in [6.07, 6.45) is 4.41. The van der Waals surface area contributed by atoms with Gasteiger partial charge in [0.2, 0.25) is 0 Å². The molecule has 0 spiro atoms. The molecule has 0 aliphatic rings. The first-order chi connectivity index (χ1) is 12.2. The first-order valence-corrected chi connectivity index (χ1v) is 7.76. The van der Waals surface area contributed by atoms with Gasteiger partial charge in [0.1, 0.15) is 23.0 Å². The van der Waals surface area contributed by atoms with Gasteiger partial charge in [-0.3, -0.25) is 4.79 Å². The van der Waals surface area contributed by atoms with Gasteiger partial charge < -0.3 is 19.8 Å². The standard InChI is InChI=1S/C17H15ClN4O3/c1-24-15-5-4-11(7-13(15)18)22-16-10-19-14(9-20-16)17(23)21-8-12-3-2-6-25-12/h2-7,9-10H,8H2,1H3,(H,20,22)(H,21,23). The first kappa shape index (κ1) is 16.8. The average molecular weight is 359 g/mol. The van der Waals surface area contributed by atoms with Crippen LogP contribution in [0.4, 0.5) is 11.5 Å². The highest BCUT2D eigenvalue weighted by atomic mass is 35.5. The molecule has 0 fully saturated rings. The van der Waals surface area contributed by atoms with Gasteiger partial charge >= 0.3 is 0 Å². The molecule has 2 aromatic heterocycles. The number of rotatable bonds is 6. The first-order valence-electron chi connectivity index (χ1n) is 7.39. The fourth-order valence-corrected chi connectivity index (χ4v) is 2.33. The Kier molecular flexibility index (Phi) is 5.15. The monoisotopic (exact) mass is 358 g/mol. The van der Waals surface area contributed by atoms with E-state index in [0.29, 0.717) is 22.4 Å². The summed E-state index contributed by atoms with van der Waals surface area (Å²) in [6, 6.07) is 8.79. The van der Waals surface area contributed by atoms with Crippen molar-refractivity contribution < 1.29 is 13.9 Å². The number of methoxy groups -OCH3 is 1. The Bertz CT molecular complexity index is 851. The highest BCUT2D eigenvalue weighted by Crippen LogP contribution is 2.28. The number of hydrogen-bond acceptors (Lipinski definition) is 6. The summed E-state index contributed by atoms with van der Waals surface area (Å²) >= 11 is 6.08. The lowest BCUT2D eigenvalue weighted by Crippen LogP contribution is -2.23. The van der Waals surface area contributed by atoms with E-state index < -0.39 is 0 Å². The molecule has 0 saturated heterocycles. The molecule has 0 unspecified atom stereocenters. The zero-order valence-corrected chi connectivity index (χ0v) is 14.1. The SMILES string of the molecule is COc1ccc(Nc2cnc(C(=O)NCc3ccco3)cn2)cc1Cl. The Hall–Kier alpha value is -3.06. The lowest BCUT2D eigenvalue weighted by molar-refractivity contribution is 0.0942. The van der Waals surface area contributed by atoms with E-state index >= 15 is 0 Å². The molecule has 8 heteroatoms. The highest BCUT2D eigenvalue weighted by molar-refractivity contribution is 6.32. The smallest absolute Gasteiger partial charge is 0.271 e. The lowest BCUT2D eigenvalue weighted by atomic mass is 10.3. The summed E-state index contributed by atoms with van der Waals surface area (Å²) in [7, 11) is 1.55. The van der Waals surface area contributed by atoms with E-state index in [0.717, 1.165) is 5.69 Å². The van der Waals surface area contributed by atoms with E-state index in [1.54, 1.807) is 43.7 Å². The minimum absolute atomic E-state index is 0.213. The van der Waals surface area contributed by atoms with Crippen LogP contribution in [0, 0.1) is 0 Å². The number of hydrogen-bond donors (Lipinski definition) is 2. The van der Waals surface area contributed by atoms with Crippen molar-refractivity contribution in [3.8, 4) is 5.75 Å². The molecule has 7 nitrogen and oxygen atoms in total. The molecule has 2 heterocycles. The zero-order chi connectivity index (χ0) is 17.6. The maximum atomic E-state index is 12.0. The van der Waals surface area contributed by atoms with Crippen molar-refractivity contribution in [3.05, 3.63) is 65.5 Å². The summed E-state index contributed by atoms with van der Waals surface area (Å²) in [4.78, 5) is 20.3. The number of halogens is 1. The summed E-state index contributed by atoms with van der Waals surface area (Å²) in [6.45, 7) is 0.290. The average Bonchev–Trinajstić information content (AvgIpc) is 3.14. The quantitative estimate of drug-likeness (QED) is 0.702. The molecule has 25 heavy (non-hydrogen) atoms. The van der Waals surface area contributed by atoms with Crippen molar-refractivity contribution in [1.29, 1.82) is 0 Å². The van der Waals surface area contributed by atoms with Crippen LogP contribution < -0.4 is 15.4 Å². The Morgan fingerprint density at radius 1 is 1.28 bits per heavy atom. The van der Waals surface area contributed by atoms with E-state index in [1.165, 1.54) is 12.4 Å². The fraction of sp³-hybridized carbons (Fsp3) is 0.118. The van der Waals surface area contributed by atoms with Crippen LogP contribution in [-0.4, -0.2) is 23.0 Å². The van der Waals surface area contributed by atoms with Gasteiger partial charge in [-0.25, -0.2) is 9.97 Å². The minimum atomic E-state index is -0.331. The number of anilines is 2. The van der Waals surface area contributed by atoms with Crippen LogP contribution in [0.3, 0.4) is 0 Å². The number of nitrogens with zero attached hydrogens (tertiary/aromatic N) is 2. The number of benzene rings is 1. The van der Waals surface area contributed by atoms with E-state index in [2.05, 4.69) is 20.6 Å². The number of aromatic nitrogens is 2. The molecule has 1 aromatic carbocycles. The van der Waals surface area contributed by atoms with Gasteiger partial charge in [0, 0.05) is 5.69 Å². The Balaban J connectivity index is 1.61. The molecule has 3 rings (SSSR count). The van der Waals surface area contributed by atoms with Gasteiger partial charge in [-0.1, -0.05) is 11.6 Å². The molecule has 0 bridgehead atoms. The molecule has 2 N–H and O–H groups in total. The largest absolute Gasteiger partial charge is 0.495 e. The van der Waals surface area contributed by atoms with Crippen LogP contribution >= 0.6 is 11.6 Å². The molecule has 128 valence electrons. The molecule has 0 saturated carbocycles. The number of furan rings is 1. The van der Waals surface area contributed by atoms with E-state index in [4.69, 9.17) is 20.8 Å². The Morgan fingerprint density at radius 2 is 2.16 bits per heavy atom. The molecule has 1 amide bonds. The lowest BCUT2D eigenvalue weighted by Gasteiger charge is -2.08. The van der Waals surface area contributed by atoms with Crippen molar-refractivity contribution in [2.24, 2.45) is 0 Å². The summed E-state index contributed by atoms with van der Waals surface area (Å²) < 4.78 is 10.3. The summed E-state index contributed by atoms with van der Waals surface area (Å²) in [5, 5.41) is 6.24. The number of carbonyl (C=O) groups is 1. The van der Waals surface area contributed by atoms with Gasteiger partial charge in [0.05, 0.1) is 37.3 Å². The van der Waals surface area contributed by atoms with Crippen LogP contribution in [0.1, 0.15) is 16.2 Å². The predicted molar refractivity (Wildman–Crippen MR) is 93.2 cm³/mol. The predicted octanol–water partition coefficient (Wildman–Crippen LogP) is 3.41.